The number of carbonyl (C=O) groups is 1. The number of hydrogen-bond acceptors (Lipinski definition) is 4. The highest BCUT2D eigenvalue weighted by molar-refractivity contribution is 5.73. The molecule has 8 heteroatoms. The zero-order chi connectivity index (χ0) is 19.8. The number of aromatic nitrogens is 4. The molecule has 2 amide bonds. The Labute approximate surface area is 163 Å². The second-order valence-electron chi connectivity index (χ2n) is 6.41. The van der Waals surface area contributed by atoms with Crippen molar-refractivity contribution in [1.82, 2.24) is 30.4 Å². The minimum atomic E-state index is -0.209. The molecular weight excluding hydrogens is 356 g/mol. The van der Waals surface area contributed by atoms with Crippen molar-refractivity contribution in [2.45, 2.75) is 32.7 Å². The summed E-state index contributed by atoms with van der Waals surface area (Å²) >= 11 is 0. The summed E-state index contributed by atoms with van der Waals surface area (Å²) in [6.07, 6.45) is 9.73. The number of urea groups is 1. The van der Waals surface area contributed by atoms with Crippen LogP contribution in [0.3, 0.4) is 0 Å². The summed E-state index contributed by atoms with van der Waals surface area (Å²) in [5.41, 5.74) is 1.89. The molecule has 3 heterocycles. The van der Waals surface area contributed by atoms with Crippen molar-refractivity contribution < 1.29 is 4.79 Å². The van der Waals surface area contributed by atoms with Crippen molar-refractivity contribution in [2.75, 3.05) is 6.54 Å². The average molecular weight is 380 g/mol. The van der Waals surface area contributed by atoms with E-state index in [0.29, 0.717) is 24.5 Å². The van der Waals surface area contributed by atoms with E-state index in [1.807, 2.05) is 6.07 Å². The van der Waals surface area contributed by atoms with Crippen molar-refractivity contribution in [1.29, 1.82) is 0 Å². The first-order valence-corrected chi connectivity index (χ1v) is 9.37. The van der Waals surface area contributed by atoms with E-state index in [1.165, 1.54) is 4.68 Å². The van der Waals surface area contributed by atoms with E-state index >= 15 is 0 Å². The molecule has 0 spiro atoms. The van der Waals surface area contributed by atoms with E-state index in [1.54, 1.807) is 43.0 Å². The number of H-pyrrole nitrogens is 1. The van der Waals surface area contributed by atoms with E-state index in [9.17, 15) is 9.59 Å². The van der Waals surface area contributed by atoms with Crippen LogP contribution < -0.4 is 16.2 Å². The summed E-state index contributed by atoms with van der Waals surface area (Å²) in [4.78, 5) is 32.9. The molecule has 0 fully saturated rings. The van der Waals surface area contributed by atoms with Gasteiger partial charge >= 0.3 is 6.03 Å². The lowest BCUT2D eigenvalue weighted by Crippen LogP contribution is -2.35. The minimum Gasteiger partial charge on any atom is -0.338 e. The normalized spacial score (nSPS) is 10.6. The molecule has 28 heavy (non-hydrogen) atoms. The fourth-order valence-electron chi connectivity index (χ4n) is 2.78. The Bertz CT molecular complexity index is 964. The van der Waals surface area contributed by atoms with Crippen LogP contribution >= 0.6 is 0 Å². The maximum absolute atomic E-state index is 12.7. The predicted octanol–water partition coefficient (Wildman–Crippen LogP) is 2.61. The van der Waals surface area contributed by atoms with E-state index in [0.717, 1.165) is 30.4 Å². The van der Waals surface area contributed by atoms with Crippen LogP contribution in [0.25, 0.3) is 16.9 Å². The van der Waals surface area contributed by atoms with Crippen LogP contribution in [0.15, 0.2) is 53.8 Å². The molecule has 3 N–H and O–H groups in total. The third-order valence-corrected chi connectivity index (χ3v) is 4.30. The molecular formula is C20H24N6O2. The summed E-state index contributed by atoms with van der Waals surface area (Å²) in [5, 5.41) is 8.58. The minimum absolute atomic E-state index is 0.203. The third-order valence-electron chi connectivity index (χ3n) is 4.30. The SMILES string of the molecule is CCCCCNC(=O)NCc1ccnc(-n2[nH]cc(-c3cccnc3)c2=O)c1. The quantitative estimate of drug-likeness (QED) is 0.523. The molecule has 0 bridgehead atoms. The van der Waals surface area contributed by atoms with Crippen LogP contribution in [0.5, 0.6) is 0 Å². The first-order chi connectivity index (χ1) is 13.7. The van der Waals surface area contributed by atoms with E-state index in [-0.39, 0.29) is 11.6 Å². The Hall–Kier alpha value is -3.42. The first-order valence-electron chi connectivity index (χ1n) is 9.37. The lowest BCUT2D eigenvalue weighted by molar-refractivity contribution is 0.240. The maximum atomic E-state index is 12.7. The predicted molar refractivity (Wildman–Crippen MR) is 107 cm³/mol. The molecule has 0 radical (unpaired) electrons. The van der Waals surface area contributed by atoms with Crippen LogP contribution in [-0.4, -0.2) is 32.3 Å². The molecule has 0 saturated heterocycles. The molecule has 0 aliphatic rings. The van der Waals surface area contributed by atoms with Gasteiger partial charge in [-0.05, 0) is 30.2 Å². The molecule has 3 aromatic heterocycles. The van der Waals surface area contributed by atoms with Gasteiger partial charge in [0.05, 0.1) is 5.56 Å². The lowest BCUT2D eigenvalue weighted by Gasteiger charge is -2.08. The third kappa shape index (κ3) is 4.85. The van der Waals surface area contributed by atoms with Gasteiger partial charge in [0.25, 0.3) is 5.56 Å². The molecule has 0 atom stereocenters. The molecule has 146 valence electrons. The van der Waals surface area contributed by atoms with Gasteiger partial charge in [0.2, 0.25) is 0 Å². The molecule has 8 nitrogen and oxygen atoms in total. The van der Waals surface area contributed by atoms with Crippen molar-refractivity contribution in [3.05, 3.63) is 65.0 Å². The van der Waals surface area contributed by atoms with E-state index in [4.69, 9.17) is 0 Å². The highest BCUT2D eigenvalue weighted by Crippen LogP contribution is 2.13. The van der Waals surface area contributed by atoms with Crippen LogP contribution in [-0.2, 0) is 6.54 Å². The Morgan fingerprint density at radius 1 is 1.21 bits per heavy atom. The lowest BCUT2D eigenvalue weighted by atomic mass is 10.2. The number of amides is 2. The number of carbonyl (C=O) groups excluding carboxylic acids is 1. The summed E-state index contributed by atoms with van der Waals surface area (Å²) < 4.78 is 1.37. The highest BCUT2D eigenvalue weighted by Gasteiger charge is 2.11. The van der Waals surface area contributed by atoms with Crippen molar-refractivity contribution in [3.8, 4) is 16.9 Å². The summed E-state index contributed by atoms with van der Waals surface area (Å²) in [5.74, 6) is 0.461. The number of nitrogens with zero attached hydrogens (tertiary/aromatic N) is 3. The van der Waals surface area contributed by atoms with Crippen LogP contribution in [0, 0.1) is 0 Å². The van der Waals surface area contributed by atoms with Gasteiger partial charge in [-0.25, -0.2) is 14.5 Å². The Balaban J connectivity index is 1.66. The van der Waals surface area contributed by atoms with Gasteiger partial charge in [-0.2, -0.15) is 0 Å². The van der Waals surface area contributed by atoms with Gasteiger partial charge in [0.15, 0.2) is 5.82 Å². The molecule has 0 aliphatic carbocycles. The zero-order valence-electron chi connectivity index (χ0n) is 15.8. The number of nitrogens with one attached hydrogen (secondary N) is 3. The number of rotatable bonds is 8. The largest absolute Gasteiger partial charge is 0.338 e. The van der Waals surface area contributed by atoms with Crippen molar-refractivity contribution >= 4 is 6.03 Å². The number of hydrogen-bond donors (Lipinski definition) is 3. The van der Waals surface area contributed by atoms with Crippen molar-refractivity contribution in [3.63, 3.8) is 0 Å². The second-order valence-corrected chi connectivity index (χ2v) is 6.41. The monoisotopic (exact) mass is 380 g/mol. The fraction of sp³-hybridized carbons (Fsp3) is 0.300. The summed E-state index contributed by atoms with van der Waals surface area (Å²) in [7, 11) is 0. The van der Waals surface area contributed by atoms with Gasteiger partial charge < -0.3 is 10.6 Å². The van der Waals surface area contributed by atoms with Gasteiger partial charge in [-0.15, -0.1) is 0 Å². The summed E-state index contributed by atoms with van der Waals surface area (Å²) in [6, 6.07) is 6.98. The average Bonchev–Trinajstić information content (AvgIpc) is 3.12. The Morgan fingerprint density at radius 3 is 2.89 bits per heavy atom. The van der Waals surface area contributed by atoms with Crippen LogP contribution in [0.4, 0.5) is 4.79 Å². The number of aromatic amines is 1. The summed E-state index contributed by atoms with van der Waals surface area (Å²) in [6.45, 7) is 3.13. The molecule has 0 aromatic carbocycles. The first kappa shape index (κ1) is 19.3. The van der Waals surface area contributed by atoms with Gasteiger partial charge in [-0.1, -0.05) is 25.8 Å². The van der Waals surface area contributed by atoms with Crippen molar-refractivity contribution in [2.24, 2.45) is 0 Å². The van der Waals surface area contributed by atoms with Crippen LogP contribution in [0.2, 0.25) is 0 Å². The molecule has 0 aliphatic heterocycles. The van der Waals surface area contributed by atoms with E-state index in [2.05, 4.69) is 32.6 Å². The highest BCUT2D eigenvalue weighted by atomic mass is 16.2. The molecule has 3 rings (SSSR count). The molecule has 3 aromatic rings. The smallest absolute Gasteiger partial charge is 0.315 e. The van der Waals surface area contributed by atoms with Gasteiger partial charge in [0.1, 0.15) is 0 Å². The van der Waals surface area contributed by atoms with Gasteiger partial charge in [-0.3, -0.25) is 14.9 Å². The van der Waals surface area contributed by atoms with Crippen LogP contribution in [0.1, 0.15) is 31.7 Å². The topological polar surface area (TPSA) is 105 Å². The zero-order valence-corrected chi connectivity index (χ0v) is 15.8. The Morgan fingerprint density at radius 2 is 2.11 bits per heavy atom. The second kappa shape index (κ2) is 9.50. The fourth-order valence-corrected chi connectivity index (χ4v) is 2.78. The van der Waals surface area contributed by atoms with E-state index < -0.39 is 0 Å². The standard InChI is InChI=1S/C20H24N6O2/c1-2-3-4-9-23-20(28)24-12-15-7-10-22-18(11-15)26-19(27)17(14-25-26)16-6-5-8-21-13-16/h5-8,10-11,13-14,25H,2-4,9,12H2,1H3,(H2,23,24,28). The maximum Gasteiger partial charge on any atom is 0.315 e. The number of pyridine rings is 2. The molecule has 0 saturated carbocycles. The van der Waals surface area contributed by atoms with Gasteiger partial charge in [0, 0.05) is 43.4 Å². The Kier molecular flexibility index (Phi) is 6.56. The molecule has 0 unspecified atom stereocenters. The number of unbranched alkanes of at least 4 members (excludes halogenated alkanes) is 2.